The lowest BCUT2D eigenvalue weighted by Gasteiger charge is -2.36. The highest BCUT2D eigenvalue weighted by molar-refractivity contribution is 9.10. The van der Waals surface area contributed by atoms with E-state index < -0.39 is 10.2 Å². The first-order chi connectivity index (χ1) is 12.5. The molecule has 0 atom stereocenters. The molecule has 0 N–H and O–H groups in total. The fourth-order valence-electron chi connectivity index (χ4n) is 3.30. The standard InChI is InChI=1S/C17H26BrN3O4S/c1-3-20(4-2)26(22,23)21-7-5-19(6-8-21)13-14-11-16-17(12-15(14)18)25-10-9-24-16/h11-12H,3-10,13H2,1-2H3. The topological polar surface area (TPSA) is 62.3 Å². The molecule has 0 aromatic heterocycles. The van der Waals surface area contributed by atoms with Crippen LogP contribution in [0.5, 0.6) is 11.5 Å². The van der Waals surface area contributed by atoms with Crippen LogP contribution < -0.4 is 9.47 Å². The Hall–Kier alpha value is -0.870. The van der Waals surface area contributed by atoms with Crippen LogP contribution in [0, 0.1) is 0 Å². The van der Waals surface area contributed by atoms with Gasteiger partial charge in [0.1, 0.15) is 13.2 Å². The summed E-state index contributed by atoms with van der Waals surface area (Å²) in [5.74, 6) is 1.54. The van der Waals surface area contributed by atoms with Gasteiger partial charge in [0.25, 0.3) is 10.2 Å². The van der Waals surface area contributed by atoms with E-state index in [1.807, 2.05) is 26.0 Å². The van der Waals surface area contributed by atoms with E-state index in [1.165, 1.54) is 4.31 Å². The predicted molar refractivity (Wildman–Crippen MR) is 104 cm³/mol. The van der Waals surface area contributed by atoms with Crippen molar-refractivity contribution in [3.63, 3.8) is 0 Å². The second-order valence-electron chi connectivity index (χ2n) is 6.35. The van der Waals surface area contributed by atoms with Crippen LogP contribution in [0.4, 0.5) is 0 Å². The molecule has 1 fully saturated rings. The highest BCUT2D eigenvalue weighted by Gasteiger charge is 2.31. The number of hydrogen-bond acceptors (Lipinski definition) is 5. The maximum atomic E-state index is 12.6. The zero-order valence-corrected chi connectivity index (χ0v) is 17.7. The number of piperazine rings is 1. The maximum absolute atomic E-state index is 12.6. The number of nitrogens with zero attached hydrogens (tertiary/aromatic N) is 3. The molecule has 1 aromatic carbocycles. The molecule has 1 saturated heterocycles. The van der Waals surface area contributed by atoms with Crippen LogP contribution in [0.15, 0.2) is 16.6 Å². The fraction of sp³-hybridized carbons (Fsp3) is 0.647. The summed E-state index contributed by atoms with van der Waals surface area (Å²) in [7, 11) is -3.35. The molecule has 0 aliphatic carbocycles. The van der Waals surface area contributed by atoms with Crippen molar-refractivity contribution in [2.24, 2.45) is 0 Å². The summed E-state index contributed by atoms with van der Waals surface area (Å²) < 4.78 is 40.6. The molecule has 0 bridgehead atoms. The van der Waals surface area contributed by atoms with Crippen LogP contribution in [-0.4, -0.2) is 74.4 Å². The summed E-state index contributed by atoms with van der Waals surface area (Å²) in [5.41, 5.74) is 1.12. The van der Waals surface area contributed by atoms with Crippen molar-refractivity contribution in [3.05, 3.63) is 22.2 Å². The summed E-state index contributed by atoms with van der Waals surface area (Å²) in [5, 5.41) is 0. The first kappa shape index (κ1) is 19.9. The third-order valence-corrected chi connectivity index (χ3v) is 7.72. The van der Waals surface area contributed by atoms with E-state index in [4.69, 9.17) is 9.47 Å². The monoisotopic (exact) mass is 447 g/mol. The lowest BCUT2D eigenvalue weighted by Crippen LogP contribution is -2.52. The van der Waals surface area contributed by atoms with E-state index in [0.717, 1.165) is 28.1 Å². The predicted octanol–water partition coefficient (Wildman–Crippen LogP) is 1.92. The SMILES string of the molecule is CCN(CC)S(=O)(=O)N1CCN(Cc2cc3c(cc2Br)OCCO3)CC1. The molecule has 2 heterocycles. The first-order valence-electron chi connectivity index (χ1n) is 9.01. The minimum atomic E-state index is -3.35. The molecule has 0 unspecified atom stereocenters. The second-order valence-corrected chi connectivity index (χ2v) is 9.14. The third-order valence-electron chi connectivity index (χ3n) is 4.79. The molecule has 7 nitrogen and oxygen atoms in total. The summed E-state index contributed by atoms with van der Waals surface area (Å²) in [6, 6.07) is 3.96. The van der Waals surface area contributed by atoms with Crippen LogP contribution in [0.2, 0.25) is 0 Å². The Balaban J connectivity index is 1.63. The first-order valence-corrected chi connectivity index (χ1v) is 11.2. The zero-order chi connectivity index (χ0) is 18.7. The largest absolute Gasteiger partial charge is 0.486 e. The molecule has 146 valence electrons. The van der Waals surface area contributed by atoms with Gasteiger partial charge >= 0.3 is 0 Å². The number of ether oxygens (including phenoxy) is 2. The number of benzene rings is 1. The Morgan fingerprint density at radius 3 is 2.19 bits per heavy atom. The molecule has 1 aromatic rings. The quantitative estimate of drug-likeness (QED) is 0.666. The average molecular weight is 448 g/mol. The van der Waals surface area contributed by atoms with Crippen LogP contribution in [0.25, 0.3) is 0 Å². The number of rotatable bonds is 6. The third kappa shape index (κ3) is 4.17. The van der Waals surface area contributed by atoms with Gasteiger partial charge in [0.2, 0.25) is 0 Å². The molecule has 0 saturated carbocycles. The van der Waals surface area contributed by atoms with E-state index in [1.54, 1.807) is 4.31 Å². The number of hydrogen-bond donors (Lipinski definition) is 0. The van der Waals surface area contributed by atoms with Crippen LogP contribution in [-0.2, 0) is 16.8 Å². The summed E-state index contributed by atoms with van der Waals surface area (Å²) in [4.78, 5) is 2.27. The van der Waals surface area contributed by atoms with Gasteiger partial charge in [-0.15, -0.1) is 0 Å². The van der Waals surface area contributed by atoms with Gasteiger partial charge in [0, 0.05) is 50.3 Å². The molecule has 0 radical (unpaired) electrons. The lowest BCUT2D eigenvalue weighted by molar-refractivity contribution is 0.167. The van der Waals surface area contributed by atoms with Gasteiger partial charge in [-0.3, -0.25) is 4.90 Å². The molecule has 0 spiro atoms. The molecule has 0 amide bonds. The molecular weight excluding hydrogens is 422 g/mol. The van der Waals surface area contributed by atoms with Crippen LogP contribution in [0.3, 0.4) is 0 Å². The Morgan fingerprint density at radius 2 is 1.62 bits per heavy atom. The van der Waals surface area contributed by atoms with Gasteiger partial charge in [-0.25, -0.2) is 0 Å². The minimum Gasteiger partial charge on any atom is -0.486 e. The van der Waals surface area contributed by atoms with Gasteiger partial charge in [0.05, 0.1) is 0 Å². The Morgan fingerprint density at radius 1 is 1.04 bits per heavy atom. The van der Waals surface area contributed by atoms with E-state index in [-0.39, 0.29) is 0 Å². The molecule has 26 heavy (non-hydrogen) atoms. The molecule has 2 aliphatic rings. The average Bonchev–Trinajstić information content (AvgIpc) is 2.63. The summed E-state index contributed by atoms with van der Waals surface area (Å²) in [6.07, 6.45) is 0. The summed E-state index contributed by atoms with van der Waals surface area (Å²) >= 11 is 3.61. The van der Waals surface area contributed by atoms with Gasteiger partial charge in [0.15, 0.2) is 11.5 Å². The highest BCUT2D eigenvalue weighted by atomic mass is 79.9. The van der Waals surface area contributed by atoms with Crippen molar-refractivity contribution in [3.8, 4) is 11.5 Å². The van der Waals surface area contributed by atoms with Crippen molar-refractivity contribution in [2.45, 2.75) is 20.4 Å². The van der Waals surface area contributed by atoms with Gasteiger partial charge in [-0.1, -0.05) is 29.8 Å². The Kier molecular flexibility index (Phi) is 6.45. The van der Waals surface area contributed by atoms with Crippen molar-refractivity contribution in [2.75, 3.05) is 52.5 Å². The summed E-state index contributed by atoms with van der Waals surface area (Å²) in [6.45, 7) is 9.08. The van der Waals surface area contributed by atoms with Crippen molar-refractivity contribution in [1.29, 1.82) is 0 Å². The highest BCUT2D eigenvalue weighted by Crippen LogP contribution is 2.36. The van der Waals surface area contributed by atoms with Crippen molar-refractivity contribution < 1.29 is 17.9 Å². The van der Waals surface area contributed by atoms with Crippen LogP contribution in [0.1, 0.15) is 19.4 Å². The molecule has 3 rings (SSSR count). The van der Waals surface area contributed by atoms with Gasteiger partial charge < -0.3 is 9.47 Å². The van der Waals surface area contributed by atoms with Gasteiger partial charge in [-0.2, -0.15) is 17.0 Å². The van der Waals surface area contributed by atoms with E-state index in [9.17, 15) is 8.42 Å². The second kappa shape index (κ2) is 8.43. The molecule has 2 aliphatic heterocycles. The Labute approximate surface area is 164 Å². The number of halogens is 1. The Bertz CT molecular complexity index is 732. The van der Waals surface area contributed by atoms with Gasteiger partial charge in [-0.05, 0) is 17.7 Å². The number of fused-ring (bicyclic) bond motifs is 1. The lowest BCUT2D eigenvalue weighted by atomic mass is 10.1. The van der Waals surface area contributed by atoms with E-state index >= 15 is 0 Å². The molecular formula is C17H26BrN3O4S. The van der Waals surface area contributed by atoms with Crippen LogP contribution >= 0.6 is 15.9 Å². The normalized spacial score (nSPS) is 19.1. The maximum Gasteiger partial charge on any atom is 0.282 e. The smallest absolute Gasteiger partial charge is 0.282 e. The molecule has 9 heteroatoms. The zero-order valence-electron chi connectivity index (χ0n) is 15.3. The van der Waals surface area contributed by atoms with Crippen molar-refractivity contribution >= 4 is 26.1 Å². The van der Waals surface area contributed by atoms with Crippen molar-refractivity contribution in [1.82, 2.24) is 13.5 Å². The van der Waals surface area contributed by atoms with E-state index in [2.05, 4.69) is 20.8 Å². The minimum absolute atomic E-state index is 0.503. The van der Waals surface area contributed by atoms with E-state index in [0.29, 0.717) is 52.5 Å². The fourth-order valence-corrected chi connectivity index (χ4v) is 5.35.